The lowest BCUT2D eigenvalue weighted by Gasteiger charge is -2.33. The Bertz CT molecular complexity index is 2620. The first-order valence-corrected chi connectivity index (χ1v) is 15.2. The van der Waals surface area contributed by atoms with Crippen LogP contribution >= 0.6 is 0 Å². The summed E-state index contributed by atoms with van der Waals surface area (Å²) in [7, 11) is 0. The molecule has 11 rings (SSSR count). The maximum Gasteiger partial charge on any atom is 0.397 e. The smallest absolute Gasteiger partial charge is 0.397 e. The lowest BCUT2D eigenvalue weighted by molar-refractivity contribution is -0.995. The summed E-state index contributed by atoms with van der Waals surface area (Å²) >= 11 is 0. The number of ether oxygens (including phenoxy) is 1. The highest BCUT2D eigenvalue weighted by molar-refractivity contribution is 6.11. The minimum atomic E-state index is -0.683. The highest BCUT2D eigenvalue weighted by Crippen LogP contribution is 2.56. The van der Waals surface area contributed by atoms with Gasteiger partial charge < -0.3 is 4.74 Å². The number of fused-ring (bicyclic) bond motifs is 8. The van der Waals surface area contributed by atoms with Crippen LogP contribution < -0.4 is 14.0 Å². The monoisotopic (exact) mass is 566 g/mol. The minimum Gasteiger partial charge on any atom is -0.456 e. The highest BCUT2D eigenvalue weighted by atomic mass is 16.5. The van der Waals surface area contributed by atoms with Gasteiger partial charge in [-0.05, 0) is 65.7 Å². The van der Waals surface area contributed by atoms with E-state index >= 15 is 0 Å². The average molecular weight is 567 g/mol. The summed E-state index contributed by atoms with van der Waals surface area (Å²) in [5.41, 5.74) is 10.2. The standard InChI is InChI=1S/C39H26N4O/c1-23-35(28-15-9-12-25-11-3-4-13-26(25)28)24(2)43-39-36-31(42(23)43)17-10-18-32(36)44-33-21-20-29-27-14-5-6-16-30(27)41(38(29)37(33)39)34-19-7-8-22-40(34)39/h3-22H,1-2H3/q+2. The van der Waals surface area contributed by atoms with Crippen molar-refractivity contribution in [3.63, 3.8) is 0 Å². The molecule has 0 amide bonds. The molecule has 0 radical (unpaired) electrons. The third-order valence-electron chi connectivity index (χ3n) is 10.3. The number of rotatable bonds is 1. The van der Waals surface area contributed by atoms with Crippen LogP contribution in [0.5, 0.6) is 11.5 Å². The number of aromatic nitrogens is 4. The zero-order valence-corrected chi connectivity index (χ0v) is 24.2. The third kappa shape index (κ3) is 2.30. The van der Waals surface area contributed by atoms with Gasteiger partial charge in [-0.15, -0.1) is 4.68 Å². The Labute approximate surface area is 253 Å². The summed E-state index contributed by atoms with van der Waals surface area (Å²) in [6.07, 6.45) is 2.25. The molecule has 0 bridgehead atoms. The van der Waals surface area contributed by atoms with Gasteiger partial charge in [0.15, 0.2) is 11.1 Å². The zero-order valence-electron chi connectivity index (χ0n) is 24.2. The normalized spacial score (nSPS) is 16.7. The van der Waals surface area contributed by atoms with Crippen molar-refractivity contribution in [2.24, 2.45) is 0 Å². The van der Waals surface area contributed by atoms with Gasteiger partial charge in [0, 0.05) is 23.8 Å². The van der Waals surface area contributed by atoms with E-state index in [2.05, 4.69) is 154 Å². The minimum absolute atomic E-state index is 0.683. The number of para-hydroxylation sites is 1. The van der Waals surface area contributed by atoms with E-state index in [0.717, 1.165) is 23.0 Å². The van der Waals surface area contributed by atoms with Crippen molar-refractivity contribution in [2.45, 2.75) is 19.5 Å². The van der Waals surface area contributed by atoms with E-state index in [4.69, 9.17) is 4.74 Å². The van der Waals surface area contributed by atoms with Gasteiger partial charge in [-0.3, -0.25) is 0 Å². The van der Waals surface area contributed by atoms with Gasteiger partial charge in [0.2, 0.25) is 5.69 Å². The van der Waals surface area contributed by atoms with Crippen LogP contribution in [0.1, 0.15) is 22.5 Å². The second-order valence-electron chi connectivity index (χ2n) is 12.2. The Morgan fingerprint density at radius 1 is 0.659 bits per heavy atom. The molecule has 0 saturated heterocycles. The summed E-state index contributed by atoms with van der Waals surface area (Å²) in [5.74, 6) is 2.94. The molecule has 206 valence electrons. The summed E-state index contributed by atoms with van der Waals surface area (Å²) in [4.78, 5) is 0. The van der Waals surface area contributed by atoms with Crippen LogP contribution in [0.25, 0.3) is 55.2 Å². The Kier molecular flexibility index (Phi) is 3.87. The largest absolute Gasteiger partial charge is 0.456 e. The fourth-order valence-electron chi connectivity index (χ4n) is 8.80. The van der Waals surface area contributed by atoms with Gasteiger partial charge >= 0.3 is 5.66 Å². The molecule has 6 heterocycles. The molecule has 5 heteroatoms. The molecule has 0 N–H and O–H groups in total. The average Bonchev–Trinajstić information content (AvgIpc) is 3.66. The van der Waals surface area contributed by atoms with Crippen molar-refractivity contribution >= 4 is 32.6 Å². The molecule has 3 aliphatic rings. The SMILES string of the molecule is Cc1c(-c2cccc3ccccc23)c(C)[n+]2n1-c1cccc3c1C21c2c(ccc4c5ccccc5n(c24)-c2cccc[n+]21)O3. The van der Waals surface area contributed by atoms with Crippen LogP contribution in [0.4, 0.5) is 0 Å². The van der Waals surface area contributed by atoms with Crippen LogP contribution in [-0.4, -0.2) is 9.25 Å². The Hall–Kier alpha value is -5.68. The Morgan fingerprint density at radius 2 is 1.43 bits per heavy atom. The summed E-state index contributed by atoms with van der Waals surface area (Å²) in [6, 6.07) is 41.7. The maximum absolute atomic E-state index is 6.84. The van der Waals surface area contributed by atoms with E-state index in [0.29, 0.717) is 0 Å². The quantitative estimate of drug-likeness (QED) is 0.188. The first-order valence-electron chi connectivity index (χ1n) is 15.2. The molecule has 5 aromatic carbocycles. The highest BCUT2D eigenvalue weighted by Gasteiger charge is 2.69. The predicted octanol–water partition coefficient (Wildman–Crippen LogP) is 7.62. The zero-order chi connectivity index (χ0) is 28.9. The van der Waals surface area contributed by atoms with E-state index < -0.39 is 5.66 Å². The van der Waals surface area contributed by atoms with Gasteiger partial charge in [0.05, 0.1) is 17.5 Å². The molecule has 1 atom stereocenters. The van der Waals surface area contributed by atoms with E-state index in [-0.39, 0.29) is 0 Å². The number of pyridine rings is 1. The van der Waals surface area contributed by atoms with Crippen molar-refractivity contribution in [3.8, 4) is 34.1 Å². The fourth-order valence-corrected chi connectivity index (χ4v) is 8.80. The summed E-state index contributed by atoms with van der Waals surface area (Å²) in [5, 5.41) is 5.01. The number of hydrogen-bond acceptors (Lipinski definition) is 1. The van der Waals surface area contributed by atoms with Crippen LogP contribution in [0.3, 0.4) is 0 Å². The molecular weight excluding hydrogens is 540 g/mol. The number of hydrogen-bond donors (Lipinski definition) is 0. The topological polar surface area (TPSA) is 26.8 Å². The van der Waals surface area contributed by atoms with Gasteiger partial charge in [-0.2, -0.15) is 9.13 Å². The number of nitrogens with zero attached hydrogens (tertiary/aromatic N) is 4. The van der Waals surface area contributed by atoms with Gasteiger partial charge in [-0.25, -0.2) is 0 Å². The second kappa shape index (κ2) is 7.44. The van der Waals surface area contributed by atoms with Crippen molar-refractivity contribution in [1.29, 1.82) is 0 Å². The molecule has 1 unspecified atom stereocenters. The van der Waals surface area contributed by atoms with E-state index in [1.165, 1.54) is 66.2 Å². The molecule has 0 saturated carbocycles. The van der Waals surface area contributed by atoms with Gasteiger partial charge in [0.1, 0.15) is 28.3 Å². The number of benzene rings is 5. The predicted molar refractivity (Wildman–Crippen MR) is 171 cm³/mol. The second-order valence-corrected chi connectivity index (χ2v) is 12.2. The van der Waals surface area contributed by atoms with Crippen LogP contribution in [0, 0.1) is 13.8 Å². The van der Waals surface area contributed by atoms with Crippen molar-refractivity contribution < 1.29 is 14.0 Å². The van der Waals surface area contributed by atoms with E-state index in [9.17, 15) is 0 Å². The van der Waals surface area contributed by atoms with Crippen molar-refractivity contribution in [1.82, 2.24) is 9.25 Å². The molecular formula is C39H26N4O+2. The molecule has 8 aromatic rings. The fraction of sp³-hybridized carbons (Fsp3) is 0.0769. The molecule has 44 heavy (non-hydrogen) atoms. The Balaban J connectivity index is 1.39. The molecule has 5 nitrogen and oxygen atoms in total. The van der Waals surface area contributed by atoms with E-state index in [1.807, 2.05) is 0 Å². The molecule has 0 fully saturated rings. The first kappa shape index (κ1) is 22.9. The molecule has 3 aromatic heterocycles. The first-order chi connectivity index (χ1) is 21.7. The van der Waals surface area contributed by atoms with Crippen LogP contribution in [-0.2, 0) is 5.66 Å². The third-order valence-corrected chi connectivity index (χ3v) is 10.3. The Morgan fingerprint density at radius 3 is 2.36 bits per heavy atom. The van der Waals surface area contributed by atoms with E-state index in [1.54, 1.807) is 0 Å². The van der Waals surface area contributed by atoms with Crippen LogP contribution in [0.15, 0.2) is 121 Å². The summed E-state index contributed by atoms with van der Waals surface area (Å²) < 4.78 is 16.8. The lowest BCUT2D eigenvalue weighted by atomic mass is 9.84. The van der Waals surface area contributed by atoms with Crippen molar-refractivity contribution in [2.75, 3.05) is 0 Å². The molecule has 3 aliphatic heterocycles. The van der Waals surface area contributed by atoms with Gasteiger partial charge in [0.25, 0.3) is 5.82 Å². The summed E-state index contributed by atoms with van der Waals surface area (Å²) in [6.45, 7) is 4.57. The lowest BCUT2D eigenvalue weighted by Crippen LogP contribution is -2.77. The maximum atomic E-state index is 6.84. The molecule has 0 aliphatic carbocycles. The molecule has 1 spiro atoms. The van der Waals surface area contributed by atoms with Gasteiger partial charge in [-0.1, -0.05) is 71.4 Å². The van der Waals surface area contributed by atoms with Crippen LogP contribution in [0.2, 0.25) is 0 Å². The van der Waals surface area contributed by atoms with Crippen molar-refractivity contribution in [3.05, 3.63) is 144 Å².